The fraction of sp³-hybridized carbons (Fsp3) is 0. The van der Waals surface area contributed by atoms with Crippen molar-refractivity contribution in [3.63, 3.8) is 0 Å². The Labute approximate surface area is 332 Å². The molecule has 0 bridgehead atoms. The summed E-state index contributed by atoms with van der Waals surface area (Å²) in [4.78, 5) is 0. The van der Waals surface area contributed by atoms with Crippen LogP contribution in [0.4, 0.5) is 0 Å². The van der Waals surface area contributed by atoms with Crippen molar-refractivity contribution in [1.29, 1.82) is 0 Å². The van der Waals surface area contributed by atoms with Gasteiger partial charge in [0.1, 0.15) is 22.3 Å². The Morgan fingerprint density at radius 2 is 0.569 bits per heavy atom. The van der Waals surface area contributed by atoms with E-state index >= 15 is 0 Å². The Morgan fingerprint density at radius 3 is 0.948 bits per heavy atom. The van der Waals surface area contributed by atoms with Gasteiger partial charge in [0.25, 0.3) is 0 Å². The first kappa shape index (κ1) is 31.4. The summed E-state index contributed by atoms with van der Waals surface area (Å²) < 4.78 is 17.6. The molecule has 4 heterocycles. The summed E-state index contributed by atoms with van der Waals surface area (Å²) in [5, 5.41) is 9.39. The van der Waals surface area contributed by atoms with E-state index in [1.54, 1.807) is 0 Å². The molecule has 0 saturated carbocycles. The highest BCUT2D eigenvalue weighted by molar-refractivity contribution is 6.16. The van der Waals surface area contributed by atoms with Crippen molar-refractivity contribution < 1.29 is 8.83 Å². The molecule has 0 fully saturated rings. The quantitative estimate of drug-likeness (QED) is 0.180. The highest BCUT2D eigenvalue weighted by Crippen LogP contribution is 2.40. The second-order valence-corrected chi connectivity index (χ2v) is 15.3. The lowest BCUT2D eigenvalue weighted by Crippen LogP contribution is -1.93. The first-order chi connectivity index (χ1) is 28.7. The maximum absolute atomic E-state index is 6.42. The molecule has 4 nitrogen and oxygen atoms in total. The molecule has 0 aliphatic rings. The molecule has 0 aliphatic heterocycles. The molecule has 0 N–H and O–H groups in total. The standard InChI is InChI=1S/C54H32N2O2/c1-5-13-47-39(9-1)40-10-2-6-14-48(40)55(47)37-23-17-33(18-24-37)35-21-27-51-43(29-35)45-31-46-44-30-36(22-28-52(44)58-54(46)32-53(45)57-51)34-19-25-38(26-20-34)56-49-15-7-3-11-41(49)42-12-4-8-16-50(42)56/h1-32H. The fourth-order valence-electron chi connectivity index (χ4n) is 9.41. The number of para-hydroxylation sites is 4. The van der Waals surface area contributed by atoms with Crippen LogP contribution in [0.15, 0.2) is 203 Å². The number of nitrogens with zero attached hydrogens (tertiary/aromatic N) is 2. The van der Waals surface area contributed by atoms with E-state index in [1.165, 1.54) is 43.6 Å². The number of hydrogen-bond donors (Lipinski definition) is 0. The average molecular weight is 741 g/mol. The number of aromatic nitrogens is 2. The molecule has 58 heavy (non-hydrogen) atoms. The van der Waals surface area contributed by atoms with Gasteiger partial charge in [0.15, 0.2) is 0 Å². The second kappa shape index (κ2) is 11.8. The maximum atomic E-state index is 6.42. The van der Waals surface area contributed by atoms with E-state index < -0.39 is 0 Å². The third kappa shape index (κ3) is 4.51. The molecule has 0 saturated heterocycles. The van der Waals surface area contributed by atoms with E-state index in [-0.39, 0.29) is 0 Å². The molecule has 4 aromatic heterocycles. The van der Waals surface area contributed by atoms with Crippen LogP contribution in [-0.2, 0) is 0 Å². The zero-order chi connectivity index (χ0) is 37.9. The summed E-state index contributed by atoms with van der Waals surface area (Å²) in [6.45, 7) is 0. The Balaban J connectivity index is 0.875. The average Bonchev–Trinajstić information content (AvgIpc) is 4.03. The molecule has 4 heteroatoms. The first-order valence-corrected chi connectivity index (χ1v) is 19.7. The normalized spacial score (nSPS) is 12.1. The molecule has 0 spiro atoms. The zero-order valence-corrected chi connectivity index (χ0v) is 31.2. The van der Waals surface area contributed by atoms with Crippen molar-refractivity contribution in [2.45, 2.75) is 0 Å². The molecule has 13 rings (SSSR count). The van der Waals surface area contributed by atoms with Gasteiger partial charge in [-0.2, -0.15) is 0 Å². The summed E-state index contributed by atoms with van der Waals surface area (Å²) >= 11 is 0. The van der Waals surface area contributed by atoms with E-state index in [2.05, 4.69) is 197 Å². The van der Waals surface area contributed by atoms with Crippen molar-refractivity contribution in [2.75, 3.05) is 0 Å². The molecule has 13 aromatic rings. The fourth-order valence-corrected chi connectivity index (χ4v) is 9.41. The van der Waals surface area contributed by atoms with E-state index in [4.69, 9.17) is 8.83 Å². The minimum atomic E-state index is 0.821. The van der Waals surface area contributed by atoms with Crippen LogP contribution in [0.25, 0.3) is 121 Å². The lowest BCUT2D eigenvalue weighted by Gasteiger charge is -2.09. The predicted octanol–water partition coefficient (Wildman–Crippen LogP) is 15.0. The third-order valence-corrected chi connectivity index (χ3v) is 12.1. The molecule has 0 amide bonds. The third-order valence-electron chi connectivity index (χ3n) is 12.1. The smallest absolute Gasteiger partial charge is 0.139 e. The number of rotatable bonds is 4. The first-order valence-electron chi connectivity index (χ1n) is 19.7. The van der Waals surface area contributed by atoms with Crippen molar-refractivity contribution in [3.05, 3.63) is 194 Å². The van der Waals surface area contributed by atoms with Crippen LogP contribution in [0, 0.1) is 0 Å². The van der Waals surface area contributed by atoms with Crippen molar-refractivity contribution in [1.82, 2.24) is 9.13 Å². The van der Waals surface area contributed by atoms with Crippen LogP contribution in [0.1, 0.15) is 0 Å². The van der Waals surface area contributed by atoms with Crippen LogP contribution in [0.3, 0.4) is 0 Å². The van der Waals surface area contributed by atoms with Crippen molar-refractivity contribution in [3.8, 4) is 33.6 Å². The van der Waals surface area contributed by atoms with Gasteiger partial charge in [0.2, 0.25) is 0 Å². The van der Waals surface area contributed by atoms with Crippen LogP contribution >= 0.6 is 0 Å². The van der Waals surface area contributed by atoms with Gasteiger partial charge in [-0.1, -0.05) is 109 Å². The summed E-state index contributed by atoms with van der Waals surface area (Å²) in [5.41, 5.74) is 15.1. The number of hydrogen-bond acceptors (Lipinski definition) is 2. The number of benzene rings is 9. The van der Waals surface area contributed by atoms with Crippen LogP contribution in [-0.4, -0.2) is 9.13 Å². The van der Waals surface area contributed by atoms with Gasteiger partial charge in [-0.3, -0.25) is 0 Å². The summed E-state index contributed by atoms with van der Waals surface area (Å²) in [6, 6.07) is 69.6. The molecular weight excluding hydrogens is 709 g/mol. The monoisotopic (exact) mass is 740 g/mol. The van der Waals surface area contributed by atoms with Gasteiger partial charge >= 0.3 is 0 Å². The minimum Gasteiger partial charge on any atom is -0.456 e. The van der Waals surface area contributed by atoms with E-state index in [0.29, 0.717) is 0 Å². The Kier molecular flexibility index (Phi) is 6.41. The van der Waals surface area contributed by atoms with Crippen molar-refractivity contribution >= 4 is 87.5 Å². The molecule has 270 valence electrons. The van der Waals surface area contributed by atoms with Crippen molar-refractivity contribution in [2.24, 2.45) is 0 Å². The topological polar surface area (TPSA) is 36.1 Å². The molecule has 0 atom stereocenters. The highest BCUT2D eigenvalue weighted by atomic mass is 16.3. The maximum Gasteiger partial charge on any atom is 0.139 e. The Bertz CT molecular complexity index is 3430. The predicted molar refractivity (Wildman–Crippen MR) is 241 cm³/mol. The molecular formula is C54H32N2O2. The lowest BCUT2D eigenvalue weighted by molar-refractivity contribution is 0.656. The molecule has 0 unspecified atom stereocenters. The van der Waals surface area contributed by atoms with Gasteiger partial charge in [0, 0.05) is 60.5 Å². The van der Waals surface area contributed by atoms with E-state index in [0.717, 1.165) is 77.5 Å². The van der Waals surface area contributed by atoms with Crippen LogP contribution < -0.4 is 0 Å². The van der Waals surface area contributed by atoms with Gasteiger partial charge in [-0.25, -0.2) is 0 Å². The highest BCUT2D eigenvalue weighted by Gasteiger charge is 2.17. The van der Waals surface area contributed by atoms with Crippen LogP contribution in [0.2, 0.25) is 0 Å². The van der Waals surface area contributed by atoms with E-state index in [9.17, 15) is 0 Å². The van der Waals surface area contributed by atoms with Crippen LogP contribution in [0.5, 0.6) is 0 Å². The Hall–Kier alpha value is -7.82. The van der Waals surface area contributed by atoms with Gasteiger partial charge in [0.05, 0.1) is 22.1 Å². The zero-order valence-electron chi connectivity index (χ0n) is 31.2. The van der Waals surface area contributed by atoms with Gasteiger partial charge in [-0.05, 0) is 101 Å². The molecule has 9 aromatic carbocycles. The van der Waals surface area contributed by atoms with E-state index in [1.807, 2.05) is 6.07 Å². The number of fused-ring (bicyclic) bond motifs is 12. The molecule has 0 radical (unpaired) electrons. The SMILES string of the molecule is c1ccc2c(c1)c1ccccc1n2-c1ccc(-c2ccc3oc4cc5oc6ccc(-c7ccc(-n8c9ccccc9c9ccccc98)cc7)cc6c5cc4c3c2)cc1. The lowest BCUT2D eigenvalue weighted by atomic mass is 10.0. The Morgan fingerprint density at radius 1 is 0.241 bits per heavy atom. The summed E-state index contributed by atoms with van der Waals surface area (Å²) in [7, 11) is 0. The number of furan rings is 2. The van der Waals surface area contributed by atoms with Gasteiger partial charge in [-0.15, -0.1) is 0 Å². The minimum absolute atomic E-state index is 0.821. The largest absolute Gasteiger partial charge is 0.456 e. The summed E-state index contributed by atoms with van der Waals surface area (Å²) in [5.74, 6) is 0. The molecule has 0 aliphatic carbocycles. The van der Waals surface area contributed by atoms with Gasteiger partial charge < -0.3 is 18.0 Å². The summed E-state index contributed by atoms with van der Waals surface area (Å²) in [6.07, 6.45) is 0. The second-order valence-electron chi connectivity index (χ2n) is 15.3.